The van der Waals surface area contributed by atoms with E-state index in [1.807, 2.05) is 13.8 Å². The molecule has 19 heavy (non-hydrogen) atoms. The third-order valence-corrected chi connectivity index (χ3v) is 3.82. The van der Waals surface area contributed by atoms with Crippen LogP contribution in [-0.2, 0) is 4.79 Å². The van der Waals surface area contributed by atoms with Crippen LogP contribution in [0.3, 0.4) is 0 Å². The van der Waals surface area contributed by atoms with Crippen molar-refractivity contribution in [2.24, 2.45) is 0 Å². The van der Waals surface area contributed by atoms with Crippen LogP contribution >= 0.6 is 39.1 Å². The molecule has 106 valence electrons. The Kier molecular flexibility index (Phi) is 6.43. The minimum Gasteiger partial charge on any atom is -0.371 e. The van der Waals surface area contributed by atoms with Crippen molar-refractivity contribution in [1.82, 2.24) is 5.32 Å². The number of anilines is 1. The van der Waals surface area contributed by atoms with Crippen molar-refractivity contribution in [1.29, 1.82) is 0 Å². The largest absolute Gasteiger partial charge is 0.371 e. The van der Waals surface area contributed by atoms with Crippen LogP contribution in [0.15, 0.2) is 16.6 Å². The molecule has 0 heterocycles. The summed E-state index contributed by atoms with van der Waals surface area (Å²) < 4.78 is 0.796. The highest BCUT2D eigenvalue weighted by Crippen LogP contribution is 2.34. The Balaban J connectivity index is 2.77. The van der Waals surface area contributed by atoms with Gasteiger partial charge in [0.15, 0.2) is 0 Å². The van der Waals surface area contributed by atoms with Gasteiger partial charge in [-0.3, -0.25) is 4.79 Å². The van der Waals surface area contributed by atoms with Gasteiger partial charge in [0.25, 0.3) is 0 Å². The summed E-state index contributed by atoms with van der Waals surface area (Å²) in [6.45, 7) is 5.75. The lowest BCUT2D eigenvalue weighted by molar-refractivity contribution is -0.122. The molecule has 1 aromatic carbocycles. The van der Waals surface area contributed by atoms with Crippen molar-refractivity contribution in [2.75, 3.05) is 5.32 Å². The minimum atomic E-state index is -0.412. The van der Waals surface area contributed by atoms with Crippen LogP contribution < -0.4 is 10.6 Å². The summed E-state index contributed by atoms with van der Waals surface area (Å²) in [4.78, 5) is 11.9. The molecule has 0 aromatic heterocycles. The summed E-state index contributed by atoms with van der Waals surface area (Å²) in [6, 6.07) is 3.20. The van der Waals surface area contributed by atoms with Gasteiger partial charge in [0, 0.05) is 10.5 Å². The molecule has 1 rings (SSSR count). The molecular weight excluding hydrogens is 351 g/mol. The Labute approximate surface area is 132 Å². The van der Waals surface area contributed by atoms with E-state index in [1.54, 1.807) is 19.1 Å². The molecule has 0 spiro atoms. The average Bonchev–Trinajstić information content (AvgIpc) is 2.32. The summed E-state index contributed by atoms with van der Waals surface area (Å²) in [7, 11) is 0. The van der Waals surface area contributed by atoms with Crippen molar-refractivity contribution in [3.63, 3.8) is 0 Å². The predicted molar refractivity (Wildman–Crippen MR) is 85.1 cm³/mol. The number of nitrogens with one attached hydrogen (secondary N) is 2. The average molecular weight is 368 g/mol. The van der Waals surface area contributed by atoms with Crippen LogP contribution in [0.2, 0.25) is 10.0 Å². The summed E-state index contributed by atoms with van der Waals surface area (Å²) in [5, 5.41) is 6.89. The molecule has 1 amide bonds. The molecule has 0 fully saturated rings. The van der Waals surface area contributed by atoms with E-state index in [0.29, 0.717) is 15.7 Å². The lowest BCUT2D eigenvalue weighted by Gasteiger charge is -2.19. The SMILES string of the molecule is CCC(C)NC(=O)C(C)Nc1c(Cl)cc(Br)cc1Cl. The quantitative estimate of drug-likeness (QED) is 0.805. The first-order valence-corrected chi connectivity index (χ1v) is 7.61. The summed E-state index contributed by atoms with van der Waals surface area (Å²) in [5.74, 6) is -0.0793. The molecule has 2 unspecified atom stereocenters. The number of rotatable bonds is 5. The maximum Gasteiger partial charge on any atom is 0.242 e. The normalized spacial score (nSPS) is 13.8. The molecular formula is C13H17BrCl2N2O. The van der Waals surface area contributed by atoms with Gasteiger partial charge in [0.05, 0.1) is 15.7 Å². The fraction of sp³-hybridized carbons (Fsp3) is 0.462. The number of halogens is 3. The van der Waals surface area contributed by atoms with Gasteiger partial charge < -0.3 is 10.6 Å². The highest BCUT2D eigenvalue weighted by atomic mass is 79.9. The minimum absolute atomic E-state index is 0.0793. The highest BCUT2D eigenvalue weighted by Gasteiger charge is 2.17. The third kappa shape index (κ3) is 4.86. The standard InChI is InChI=1S/C13H17BrCl2N2O/c1-4-7(2)17-13(19)8(3)18-12-10(15)5-9(14)6-11(12)16/h5-8,18H,4H2,1-3H3,(H,17,19). The number of carbonyl (C=O) groups excluding carboxylic acids is 1. The van der Waals surface area contributed by atoms with E-state index in [4.69, 9.17) is 23.2 Å². The van der Waals surface area contributed by atoms with Gasteiger partial charge in [0.1, 0.15) is 6.04 Å². The molecule has 2 atom stereocenters. The van der Waals surface area contributed by atoms with Crippen molar-refractivity contribution in [3.8, 4) is 0 Å². The number of hydrogen-bond acceptors (Lipinski definition) is 2. The van der Waals surface area contributed by atoms with E-state index >= 15 is 0 Å². The second-order valence-corrected chi connectivity index (χ2v) is 6.16. The monoisotopic (exact) mass is 366 g/mol. The Morgan fingerprint density at radius 1 is 1.32 bits per heavy atom. The lowest BCUT2D eigenvalue weighted by atomic mass is 10.2. The zero-order valence-corrected chi connectivity index (χ0v) is 14.2. The zero-order chi connectivity index (χ0) is 14.6. The number of carbonyl (C=O) groups is 1. The van der Waals surface area contributed by atoms with Crippen LogP contribution in [0.4, 0.5) is 5.69 Å². The van der Waals surface area contributed by atoms with E-state index in [-0.39, 0.29) is 11.9 Å². The second kappa shape index (κ2) is 7.36. The Morgan fingerprint density at radius 2 is 1.84 bits per heavy atom. The third-order valence-electron chi connectivity index (χ3n) is 2.76. The fourth-order valence-corrected chi connectivity index (χ4v) is 2.75. The molecule has 2 N–H and O–H groups in total. The first-order valence-electron chi connectivity index (χ1n) is 6.06. The smallest absolute Gasteiger partial charge is 0.242 e. The van der Waals surface area contributed by atoms with Crippen LogP contribution in [0.1, 0.15) is 27.2 Å². The second-order valence-electron chi connectivity index (χ2n) is 4.43. The van der Waals surface area contributed by atoms with E-state index < -0.39 is 6.04 Å². The maximum absolute atomic E-state index is 11.9. The van der Waals surface area contributed by atoms with Crippen LogP contribution in [0.5, 0.6) is 0 Å². The fourth-order valence-electron chi connectivity index (χ4n) is 1.43. The molecule has 0 radical (unpaired) electrons. The van der Waals surface area contributed by atoms with Gasteiger partial charge in [-0.05, 0) is 32.4 Å². The van der Waals surface area contributed by atoms with Crippen molar-refractivity contribution in [2.45, 2.75) is 39.3 Å². The van der Waals surface area contributed by atoms with E-state index in [2.05, 4.69) is 26.6 Å². The molecule has 1 aromatic rings. The molecule has 0 aliphatic heterocycles. The Hall–Kier alpha value is -0.450. The highest BCUT2D eigenvalue weighted by molar-refractivity contribution is 9.10. The first-order chi connectivity index (χ1) is 8.85. The molecule has 0 aliphatic carbocycles. The topological polar surface area (TPSA) is 41.1 Å². The number of hydrogen-bond donors (Lipinski definition) is 2. The Bertz CT molecular complexity index is 445. The molecule has 0 aliphatic rings. The molecule has 0 saturated carbocycles. The first kappa shape index (κ1) is 16.6. The van der Waals surface area contributed by atoms with Gasteiger partial charge in [-0.25, -0.2) is 0 Å². The lowest BCUT2D eigenvalue weighted by Crippen LogP contribution is -2.41. The number of benzene rings is 1. The van der Waals surface area contributed by atoms with E-state index in [0.717, 1.165) is 10.9 Å². The van der Waals surface area contributed by atoms with E-state index in [1.165, 1.54) is 0 Å². The van der Waals surface area contributed by atoms with Crippen molar-refractivity contribution >= 4 is 50.7 Å². The number of amides is 1. The van der Waals surface area contributed by atoms with Gasteiger partial charge in [-0.2, -0.15) is 0 Å². The van der Waals surface area contributed by atoms with Crippen molar-refractivity contribution < 1.29 is 4.79 Å². The van der Waals surface area contributed by atoms with Gasteiger partial charge >= 0.3 is 0 Å². The van der Waals surface area contributed by atoms with E-state index in [9.17, 15) is 4.79 Å². The van der Waals surface area contributed by atoms with Gasteiger partial charge in [-0.1, -0.05) is 46.1 Å². The summed E-state index contributed by atoms with van der Waals surface area (Å²) in [5.41, 5.74) is 0.568. The molecule has 6 heteroatoms. The van der Waals surface area contributed by atoms with Gasteiger partial charge in [-0.15, -0.1) is 0 Å². The molecule has 0 saturated heterocycles. The van der Waals surface area contributed by atoms with Gasteiger partial charge in [0.2, 0.25) is 5.91 Å². The summed E-state index contributed by atoms with van der Waals surface area (Å²) >= 11 is 15.5. The predicted octanol–water partition coefficient (Wildman–Crippen LogP) is 4.47. The van der Waals surface area contributed by atoms with Crippen LogP contribution in [0, 0.1) is 0 Å². The van der Waals surface area contributed by atoms with Crippen LogP contribution in [-0.4, -0.2) is 18.0 Å². The molecule has 3 nitrogen and oxygen atoms in total. The van der Waals surface area contributed by atoms with Crippen LogP contribution in [0.25, 0.3) is 0 Å². The zero-order valence-electron chi connectivity index (χ0n) is 11.1. The summed E-state index contributed by atoms with van der Waals surface area (Å²) in [6.07, 6.45) is 0.887. The molecule has 0 bridgehead atoms. The Morgan fingerprint density at radius 3 is 2.32 bits per heavy atom. The maximum atomic E-state index is 11.9. The van der Waals surface area contributed by atoms with Crippen molar-refractivity contribution in [3.05, 3.63) is 26.7 Å².